The van der Waals surface area contributed by atoms with Gasteiger partial charge in [-0.3, -0.25) is 14.4 Å². The molecule has 0 aliphatic heterocycles. The molecule has 1 atom stereocenters. The van der Waals surface area contributed by atoms with Crippen LogP contribution in [0.4, 0.5) is 0 Å². The summed E-state index contributed by atoms with van der Waals surface area (Å²) in [7, 11) is 0. The first-order chi connectivity index (χ1) is 27.0. The Labute approximate surface area is 341 Å². The molecule has 6 heteroatoms. The first-order valence-electron chi connectivity index (χ1n) is 23.9. The molecule has 0 aromatic carbocycles. The lowest BCUT2D eigenvalue weighted by atomic mass is 10.1. The minimum absolute atomic E-state index is 0.0685. The van der Waals surface area contributed by atoms with Gasteiger partial charge in [0.1, 0.15) is 13.2 Å². The standard InChI is InChI=1S/C49H90O6/c1-4-7-10-13-16-19-20-21-22-23-24-25-26-27-28-31-33-36-39-42-48(51)54-45-46(55-49(52)43-40-37-34-30-18-15-12-9-6-3)44-53-47(50)41-38-35-32-29-17-14-11-8-5-2/h16,19-21,46H,4-15,17-18,22-45H2,1-3H3/b19-16-,21-20-. The monoisotopic (exact) mass is 775 g/mol. The Morgan fingerprint density at radius 1 is 0.364 bits per heavy atom. The summed E-state index contributed by atoms with van der Waals surface area (Å²) < 4.78 is 16.7. The average Bonchev–Trinajstić information content (AvgIpc) is 3.18. The van der Waals surface area contributed by atoms with Gasteiger partial charge >= 0.3 is 17.9 Å². The second-order valence-electron chi connectivity index (χ2n) is 16.1. The summed E-state index contributed by atoms with van der Waals surface area (Å²) in [5.74, 6) is -0.870. The van der Waals surface area contributed by atoms with Gasteiger partial charge in [-0.2, -0.15) is 0 Å². The van der Waals surface area contributed by atoms with E-state index in [1.54, 1.807) is 0 Å². The van der Waals surface area contributed by atoms with Crippen molar-refractivity contribution < 1.29 is 28.6 Å². The maximum atomic E-state index is 12.7. The first kappa shape index (κ1) is 52.9. The van der Waals surface area contributed by atoms with Crippen molar-refractivity contribution in [3.05, 3.63) is 24.3 Å². The van der Waals surface area contributed by atoms with Crippen molar-refractivity contribution in [1.82, 2.24) is 0 Å². The number of hydrogen-bond donors (Lipinski definition) is 0. The fourth-order valence-corrected chi connectivity index (χ4v) is 6.84. The SMILES string of the molecule is CCCCC/C=C\C=C/CCCCCCCCCCCCC(=O)OCC(COC(=O)CCCCCCCCCCC)OC(=O)CCCCCCCCCCC. The first-order valence-corrected chi connectivity index (χ1v) is 23.9. The number of esters is 3. The molecule has 0 saturated carbocycles. The molecule has 0 spiro atoms. The van der Waals surface area contributed by atoms with Gasteiger partial charge in [0.2, 0.25) is 0 Å². The predicted molar refractivity (Wildman–Crippen MR) is 233 cm³/mol. The third kappa shape index (κ3) is 42.9. The summed E-state index contributed by atoms with van der Waals surface area (Å²) in [6, 6.07) is 0. The number of unbranched alkanes of at least 4 members (excludes halogenated alkanes) is 29. The van der Waals surface area contributed by atoms with Crippen molar-refractivity contribution >= 4 is 17.9 Å². The molecule has 0 amide bonds. The summed E-state index contributed by atoms with van der Waals surface area (Å²) in [5.41, 5.74) is 0. The van der Waals surface area contributed by atoms with E-state index in [-0.39, 0.29) is 31.1 Å². The van der Waals surface area contributed by atoms with Gasteiger partial charge in [0.05, 0.1) is 0 Å². The topological polar surface area (TPSA) is 78.9 Å². The van der Waals surface area contributed by atoms with E-state index in [2.05, 4.69) is 45.1 Å². The van der Waals surface area contributed by atoms with Crippen molar-refractivity contribution in [1.29, 1.82) is 0 Å². The predicted octanol–water partition coefficient (Wildman–Crippen LogP) is 15.2. The third-order valence-corrected chi connectivity index (χ3v) is 10.5. The van der Waals surface area contributed by atoms with Crippen LogP contribution in [-0.2, 0) is 28.6 Å². The van der Waals surface area contributed by atoms with Gasteiger partial charge in [-0.25, -0.2) is 0 Å². The van der Waals surface area contributed by atoms with Crippen molar-refractivity contribution in [3.8, 4) is 0 Å². The van der Waals surface area contributed by atoms with Gasteiger partial charge in [-0.05, 0) is 44.9 Å². The van der Waals surface area contributed by atoms with E-state index in [1.807, 2.05) is 0 Å². The molecular weight excluding hydrogens is 685 g/mol. The largest absolute Gasteiger partial charge is 0.462 e. The molecule has 0 aromatic rings. The molecule has 6 nitrogen and oxygen atoms in total. The molecular formula is C49H90O6. The summed E-state index contributed by atoms with van der Waals surface area (Å²) >= 11 is 0. The summed E-state index contributed by atoms with van der Waals surface area (Å²) in [4.78, 5) is 37.6. The Morgan fingerprint density at radius 3 is 1.00 bits per heavy atom. The summed E-state index contributed by atoms with van der Waals surface area (Å²) in [6.45, 7) is 6.58. The molecule has 0 aliphatic rings. The molecule has 0 fully saturated rings. The fraction of sp³-hybridized carbons (Fsp3) is 0.857. The van der Waals surface area contributed by atoms with Gasteiger partial charge < -0.3 is 14.2 Å². The Kier molecular flexibility index (Phi) is 42.9. The van der Waals surface area contributed by atoms with E-state index in [0.717, 1.165) is 57.8 Å². The van der Waals surface area contributed by atoms with Crippen molar-refractivity contribution in [2.75, 3.05) is 13.2 Å². The lowest BCUT2D eigenvalue weighted by Crippen LogP contribution is -2.30. The zero-order valence-corrected chi connectivity index (χ0v) is 36.7. The lowest BCUT2D eigenvalue weighted by molar-refractivity contribution is -0.167. The maximum Gasteiger partial charge on any atom is 0.306 e. The van der Waals surface area contributed by atoms with Crippen LogP contribution >= 0.6 is 0 Å². The Hall–Kier alpha value is -2.11. The van der Waals surface area contributed by atoms with Gasteiger partial charge in [-0.1, -0.05) is 212 Å². The van der Waals surface area contributed by atoms with E-state index in [4.69, 9.17) is 14.2 Å². The third-order valence-electron chi connectivity index (χ3n) is 10.5. The summed E-state index contributed by atoms with van der Waals surface area (Å²) in [6.07, 6.45) is 48.8. The number of allylic oxidation sites excluding steroid dienone is 4. The quantitative estimate of drug-likeness (QED) is 0.0266. The lowest BCUT2D eigenvalue weighted by Gasteiger charge is -2.18. The second kappa shape index (κ2) is 44.6. The molecule has 0 radical (unpaired) electrons. The Morgan fingerprint density at radius 2 is 0.636 bits per heavy atom. The highest BCUT2D eigenvalue weighted by Crippen LogP contribution is 2.15. The highest BCUT2D eigenvalue weighted by atomic mass is 16.6. The smallest absolute Gasteiger partial charge is 0.306 e. The van der Waals surface area contributed by atoms with E-state index in [1.165, 1.54) is 154 Å². The van der Waals surface area contributed by atoms with Crippen LogP contribution in [0.25, 0.3) is 0 Å². The molecule has 55 heavy (non-hydrogen) atoms. The number of carbonyl (C=O) groups is 3. The minimum Gasteiger partial charge on any atom is -0.462 e. The van der Waals surface area contributed by atoms with Crippen LogP contribution in [0, 0.1) is 0 Å². The zero-order chi connectivity index (χ0) is 40.1. The van der Waals surface area contributed by atoms with Crippen molar-refractivity contribution in [2.24, 2.45) is 0 Å². The number of rotatable bonds is 43. The number of hydrogen-bond acceptors (Lipinski definition) is 6. The summed E-state index contributed by atoms with van der Waals surface area (Å²) in [5, 5.41) is 0. The number of carbonyl (C=O) groups excluding carboxylic acids is 3. The molecule has 0 heterocycles. The van der Waals surface area contributed by atoms with Crippen LogP contribution in [0.15, 0.2) is 24.3 Å². The van der Waals surface area contributed by atoms with Gasteiger partial charge in [0.15, 0.2) is 6.10 Å². The van der Waals surface area contributed by atoms with Crippen LogP contribution < -0.4 is 0 Å². The van der Waals surface area contributed by atoms with E-state index in [9.17, 15) is 14.4 Å². The molecule has 322 valence electrons. The van der Waals surface area contributed by atoms with Gasteiger partial charge in [0, 0.05) is 19.3 Å². The van der Waals surface area contributed by atoms with Crippen molar-refractivity contribution in [2.45, 2.75) is 258 Å². The molecule has 0 N–H and O–H groups in total. The van der Waals surface area contributed by atoms with E-state index < -0.39 is 6.10 Å². The van der Waals surface area contributed by atoms with Crippen LogP contribution in [0.5, 0.6) is 0 Å². The van der Waals surface area contributed by atoms with Crippen LogP contribution in [-0.4, -0.2) is 37.2 Å². The molecule has 0 aromatic heterocycles. The van der Waals surface area contributed by atoms with Crippen LogP contribution in [0.1, 0.15) is 252 Å². The minimum atomic E-state index is -0.763. The number of ether oxygens (including phenoxy) is 3. The zero-order valence-electron chi connectivity index (χ0n) is 36.7. The van der Waals surface area contributed by atoms with Crippen LogP contribution in [0.2, 0.25) is 0 Å². The second-order valence-corrected chi connectivity index (χ2v) is 16.1. The fourth-order valence-electron chi connectivity index (χ4n) is 6.84. The van der Waals surface area contributed by atoms with E-state index >= 15 is 0 Å². The van der Waals surface area contributed by atoms with E-state index in [0.29, 0.717) is 19.3 Å². The molecule has 0 aliphatic carbocycles. The Balaban J connectivity index is 4.22. The molecule has 1 unspecified atom stereocenters. The Bertz CT molecular complexity index is 896. The normalized spacial score (nSPS) is 12.1. The van der Waals surface area contributed by atoms with Crippen LogP contribution in [0.3, 0.4) is 0 Å². The highest BCUT2D eigenvalue weighted by Gasteiger charge is 2.19. The maximum absolute atomic E-state index is 12.7. The molecule has 0 saturated heterocycles. The average molecular weight is 775 g/mol. The van der Waals surface area contributed by atoms with Gasteiger partial charge in [-0.15, -0.1) is 0 Å². The van der Waals surface area contributed by atoms with Gasteiger partial charge in [0.25, 0.3) is 0 Å². The van der Waals surface area contributed by atoms with Crippen molar-refractivity contribution in [3.63, 3.8) is 0 Å². The molecule has 0 rings (SSSR count). The molecule has 0 bridgehead atoms. The highest BCUT2D eigenvalue weighted by molar-refractivity contribution is 5.71.